The molecule has 1 aromatic carbocycles. The molecule has 0 bridgehead atoms. The standard InChI is InChI=1S/C15H16N6O/c1-11(2)14-13(10-12-6-4-3-5-7-12)17-19-21(14)15(22)20-9-8-16-18-20/h3-9,11H,10H2,1-2H3. The minimum Gasteiger partial charge on any atom is -0.243 e. The molecule has 0 aliphatic carbocycles. The van der Waals surface area contributed by atoms with Gasteiger partial charge in [-0.15, -0.1) is 10.2 Å². The van der Waals surface area contributed by atoms with Gasteiger partial charge in [0.2, 0.25) is 0 Å². The maximum absolute atomic E-state index is 12.4. The Morgan fingerprint density at radius 3 is 2.59 bits per heavy atom. The highest BCUT2D eigenvalue weighted by Crippen LogP contribution is 2.20. The van der Waals surface area contributed by atoms with E-state index in [1.54, 1.807) is 0 Å². The Hall–Kier alpha value is -2.83. The van der Waals surface area contributed by atoms with Crippen molar-refractivity contribution in [3.05, 3.63) is 59.7 Å². The fourth-order valence-corrected chi connectivity index (χ4v) is 2.36. The number of hydrogen-bond donors (Lipinski definition) is 0. The summed E-state index contributed by atoms with van der Waals surface area (Å²) in [6.45, 7) is 4.02. The molecule has 0 radical (unpaired) electrons. The molecule has 112 valence electrons. The minimum atomic E-state index is -0.381. The van der Waals surface area contributed by atoms with Crippen LogP contribution in [0.3, 0.4) is 0 Å². The molecule has 7 heteroatoms. The van der Waals surface area contributed by atoms with Crippen molar-refractivity contribution in [2.75, 3.05) is 0 Å². The maximum atomic E-state index is 12.4. The predicted molar refractivity (Wildman–Crippen MR) is 79.6 cm³/mol. The van der Waals surface area contributed by atoms with Crippen molar-refractivity contribution < 1.29 is 4.79 Å². The van der Waals surface area contributed by atoms with Crippen molar-refractivity contribution in [2.24, 2.45) is 0 Å². The molecule has 0 spiro atoms. The van der Waals surface area contributed by atoms with Crippen LogP contribution in [-0.2, 0) is 6.42 Å². The third kappa shape index (κ3) is 2.65. The summed E-state index contributed by atoms with van der Waals surface area (Å²) in [5, 5.41) is 15.6. The summed E-state index contributed by atoms with van der Waals surface area (Å²) in [7, 11) is 0. The van der Waals surface area contributed by atoms with Crippen LogP contribution >= 0.6 is 0 Å². The summed E-state index contributed by atoms with van der Waals surface area (Å²) in [6, 6.07) is 9.61. The SMILES string of the molecule is CC(C)c1c(Cc2ccccc2)nnn1C(=O)n1ccnn1. The molecule has 22 heavy (non-hydrogen) atoms. The van der Waals surface area contributed by atoms with E-state index < -0.39 is 0 Å². The molecule has 0 aliphatic rings. The zero-order chi connectivity index (χ0) is 15.5. The Morgan fingerprint density at radius 2 is 1.95 bits per heavy atom. The first-order valence-electron chi connectivity index (χ1n) is 7.06. The lowest BCUT2D eigenvalue weighted by atomic mass is 10.0. The lowest BCUT2D eigenvalue weighted by molar-refractivity contribution is 0.236. The highest BCUT2D eigenvalue weighted by molar-refractivity contribution is 5.78. The molecule has 2 aromatic heterocycles. The zero-order valence-corrected chi connectivity index (χ0v) is 12.4. The van der Waals surface area contributed by atoms with E-state index in [4.69, 9.17) is 0 Å². The summed E-state index contributed by atoms with van der Waals surface area (Å²) in [4.78, 5) is 12.4. The molecule has 0 saturated carbocycles. The van der Waals surface area contributed by atoms with Crippen LogP contribution in [0.5, 0.6) is 0 Å². The lowest BCUT2D eigenvalue weighted by Gasteiger charge is -2.09. The fourth-order valence-electron chi connectivity index (χ4n) is 2.36. The van der Waals surface area contributed by atoms with Gasteiger partial charge in [-0.25, -0.2) is 4.79 Å². The highest BCUT2D eigenvalue weighted by Gasteiger charge is 2.22. The van der Waals surface area contributed by atoms with Gasteiger partial charge in [-0.3, -0.25) is 0 Å². The van der Waals surface area contributed by atoms with E-state index in [0.717, 1.165) is 21.6 Å². The van der Waals surface area contributed by atoms with Gasteiger partial charge in [-0.1, -0.05) is 54.6 Å². The van der Waals surface area contributed by atoms with Crippen molar-refractivity contribution in [1.82, 2.24) is 30.0 Å². The van der Waals surface area contributed by atoms with Gasteiger partial charge in [-0.2, -0.15) is 9.36 Å². The molecule has 2 heterocycles. The van der Waals surface area contributed by atoms with Crippen molar-refractivity contribution in [1.29, 1.82) is 0 Å². The summed E-state index contributed by atoms with van der Waals surface area (Å²) in [5.74, 6) is 0.112. The molecule has 0 fully saturated rings. The molecular weight excluding hydrogens is 280 g/mol. The van der Waals surface area contributed by atoms with Gasteiger partial charge in [0.1, 0.15) is 0 Å². The second kappa shape index (κ2) is 5.88. The van der Waals surface area contributed by atoms with Gasteiger partial charge in [-0.05, 0) is 11.5 Å². The number of aromatic nitrogens is 6. The first-order valence-corrected chi connectivity index (χ1v) is 7.06. The Balaban J connectivity index is 1.97. The Labute approximate surface area is 127 Å². The first-order chi connectivity index (χ1) is 10.7. The van der Waals surface area contributed by atoms with Crippen LogP contribution in [0.4, 0.5) is 4.79 Å². The van der Waals surface area contributed by atoms with E-state index in [1.807, 2.05) is 44.2 Å². The van der Waals surface area contributed by atoms with Crippen molar-refractivity contribution >= 4 is 6.03 Å². The molecular formula is C15H16N6O. The average Bonchev–Trinajstić information content (AvgIpc) is 3.17. The molecule has 0 unspecified atom stereocenters. The minimum absolute atomic E-state index is 0.112. The normalized spacial score (nSPS) is 11.0. The molecule has 3 aromatic rings. The average molecular weight is 296 g/mol. The van der Waals surface area contributed by atoms with E-state index >= 15 is 0 Å². The Morgan fingerprint density at radius 1 is 1.18 bits per heavy atom. The lowest BCUT2D eigenvalue weighted by Crippen LogP contribution is -2.24. The van der Waals surface area contributed by atoms with Gasteiger partial charge >= 0.3 is 6.03 Å². The summed E-state index contributed by atoms with van der Waals surface area (Å²) < 4.78 is 2.45. The Kier molecular flexibility index (Phi) is 3.78. The molecule has 0 saturated heterocycles. The van der Waals surface area contributed by atoms with Crippen LogP contribution in [-0.4, -0.2) is 36.0 Å². The number of carbonyl (C=O) groups is 1. The molecule has 0 aliphatic heterocycles. The van der Waals surface area contributed by atoms with Crippen molar-refractivity contribution in [3.63, 3.8) is 0 Å². The van der Waals surface area contributed by atoms with Crippen LogP contribution in [0.25, 0.3) is 0 Å². The van der Waals surface area contributed by atoms with Crippen molar-refractivity contribution in [3.8, 4) is 0 Å². The van der Waals surface area contributed by atoms with E-state index in [0.29, 0.717) is 6.42 Å². The topological polar surface area (TPSA) is 78.5 Å². The largest absolute Gasteiger partial charge is 0.372 e. The third-order valence-electron chi connectivity index (χ3n) is 3.34. The van der Waals surface area contributed by atoms with Crippen LogP contribution in [0.15, 0.2) is 42.7 Å². The van der Waals surface area contributed by atoms with Gasteiger partial charge in [0.15, 0.2) is 0 Å². The Bertz CT molecular complexity index is 761. The number of hydrogen-bond acceptors (Lipinski definition) is 5. The highest BCUT2D eigenvalue weighted by atomic mass is 16.2. The molecule has 0 amide bonds. The summed E-state index contributed by atoms with van der Waals surface area (Å²) in [6.07, 6.45) is 3.58. The number of nitrogens with zero attached hydrogens (tertiary/aromatic N) is 6. The molecule has 3 rings (SSSR count). The molecule has 7 nitrogen and oxygen atoms in total. The van der Waals surface area contributed by atoms with Gasteiger partial charge in [0.25, 0.3) is 0 Å². The zero-order valence-electron chi connectivity index (χ0n) is 12.4. The monoisotopic (exact) mass is 296 g/mol. The van der Waals surface area contributed by atoms with E-state index in [2.05, 4.69) is 20.6 Å². The second-order valence-corrected chi connectivity index (χ2v) is 5.28. The quantitative estimate of drug-likeness (QED) is 0.739. The number of rotatable bonds is 3. The van der Waals surface area contributed by atoms with Crippen molar-refractivity contribution in [2.45, 2.75) is 26.2 Å². The van der Waals surface area contributed by atoms with Crippen LogP contribution in [0.2, 0.25) is 0 Å². The number of benzene rings is 1. The third-order valence-corrected chi connectivity index (χ3v) is 3.34. The molecule has 0 N–H and O–H groups in total. The molecule has 0 atom stereocenters. The fraction of sp³-hybridized carbons (Fsp3) is 0.267. The van der Waals surface area contributed by atoms with Gasteiger partial charge in [0.05, 0.1) is 23.8 Å². The number of carbonyl (C=O) groups excluding carboxylic acids is 1. The predicted octanol–water partition coefficient (Wildman–Crippen LogP) is 2.10. The van der Waals surface area contributed by atoms with Crippen LogP contribution in [0.1, 0.15) is 36.7 Å². The van der Waals surface area contributed by atoms with Gasteiger partial charge in [0, 0.05) is 6.42 Å². The summed E-state index contributed by atoms with van der Waals surface area (Å²) >= 11 is 0. The summed E-state index contributed by atoms with van der Waals surface area (Å²) in [5.41, 5.74) is 2.73. The van der Waals surface area contributed by atoms with E-state index in [9.17, 15) is 4.79 Å². The van der Waals surface area contributed by atoms with E-state index in [1.165, 1.54) is 17.1 Å². The van der Waals surface area contributed by atoms with Crippen LogP contribution < -0.4 is 0 Å². The second-order valence-electron chi connectivity index (χ2n) is 5.28. The van der Waals surface area contributed by atoms with Gasteiger partial charge < -0.3 is 0 Å². The van der Waals surface area contributed by atoms with E-state index in [-0.39, 0.29) is 11.9 Å². The first kappa shape index (κ1) is 14.1. The maximum Gasteiger partial charge on any atom is 0.372 e. The smallest absolute Gasteiger partial charge is 0.243 e. The van der Waals surface area contributed by atoms with Crippen LogP contribution in [0, 0.1) is 0 Å².